The van der Waals surface area contributed by atoms with E-state index in [4.69, 9.17) is 10.5 Å². The molecule has 0 unspecified atom stereocenters. The minimum atomic E-state index is -3.09. The first kappa shape index (κ1) is 26.0. The van der Waals surface area contributed by atoms with Gasteiger partial charge >= 0.3 is 6.61 Å². The highest BCUT2D eigenvalue weighted by atomic mass is 19.3. The molecule has 2 amide bonds. The lowest BCUT2D eigenvalue weighted by Gasteiger charge is -2.33. The molecule has 1 atom stereocenters. The second-order valence-corrected chi connectivity index (χ2v) is 8.64. The van der Waals surface area contributed by atoms with Gasteiger partial charge in [-0.05, 0) is 24.0 Å². The Bertz CT molecular complexity index is 766. The number of rotatable bonds is 11. The van der Waals surface area contributed by atoms with Crippen LogP contribution in [0.15, 0.2) is 18.2 Å². The minimum absolute atomic E-state index is 0.0800. The van der Waals surface area contributed by atoms with Crippen LogP contribution in [0.4, 0.5) is 20.2 Å². The van der Waals surface area contributed by atoms with Gasteiger partial charge in [-0.2, -0.15) is 8.78 Å². The van der Waals surface area contributed by atoms with Gasteiger partial charge < -0.3 is 25.4 Å². The summed E-state index contributed by atoms with van der Waals surface area (Å²) in [5.74, 6) is -0.266. The molecule has 32 heavy (non-hydrogen) atoms. The summed E-state index contributed by atoms with van der Waals surface area (Å²) >= 11 is 0. The van der Waals surface area contributed by atoms with Crippen molar-refractivity contribution in [3.63, 3.8) is 0 Å². The maximum absolute atomic E-state index is 13.1. The van der Waals surface area contributed by atoms with Gasteiger partial charge in [0.05, 0.1) is 12.3 Å². The Morgan fingerprint density at radius 2 is 1.91 bits per heavy atom. The number of carbonyl (C=O) groups excluding carboxylic acids is 2. The number of amides is 2. The maximum atomic E-state index is 13.1. The monoisotopic (exact) mass is 456 g/mol. The van der Waals surface area contributed by atoms with Crippen LogP contribution in [0.25, 0.3) is 0 Å². The van der Waals surface area contributed by atoms with Crippen LogP contribution in [-0.4, -0.2) is 68.8 Å². The summed E-state index contributed by atoms with van der Waals surface area (Å²) in [7, 11) is 0. The lowest BCUT2D eigenvalue weighted by molar-refractivity contribution is -0.125. The molecule has 0 aliphatic carbocycles. The molecule has 1 aromatic rings. The highest BCUT2D eigenvalue weighted by Gasteiger charge is 2.28. The van der Waals surface area contributed by atoms with E-state index in [-0.39, 0.29) is 30.5 Å². The van der Waals surface area contributed by atoms with Crippen molar-refractivity contribution in [2.24, 2.45) is 17.6 Å². The van der Waals surface area contributed by atoms with Crippen molar-refractivity contribution in [2.75, 3.05) is 49.6 Å². The molecular formula is C22H34F2N4O4. The number of hydrogen-bond acceptors (Lipinski definition) is 6. The zero-order valence-electron chi connectivity index (χ0n) is 19.1. The van der Waals surface area contributed by atoms with Crippen molar-refractivity contribution in [2.45, 2.75) is 40.3 Å². The summed E-state index contributed by atoms with van der Waals surface area (Å²) in [6, 6.07) is 3.73. The molecule has 8 nitrogen and oxygen atoms in total. The first-order chi connectivity index (χ1) is 15.1. The van der Waals surface area contributed by atoms with Gasteiger partial charge in [0.1, 0.15) is 12.6 Å². The van der Waals surface area contributed by atoms with Crippen LogP contribution >= 0.6 is 0 Å². The average Bonchev–Trinajstić information content (AvgIpc) is 2.69. The number of benzene rings is 1. The molecule has 3 N–H and O–H groups in total. The van der Waals surface area contributed by atoms with E-state index in [1.807, 2.05) is 4.90 Å². The van der Waals surface area contributed by atoms with Gasteiger partial charge in [0, 0.05) is 37.9 Å². The topological polar surface area (TPSA) is 97.1 Å². The molecule has 1 fully saturated rings. The molecule has 1 saturated heterocycles. The van der Waals surface area contributed by atoms with Crippen molar-refractivity contribution in [3.8, 4) is 5.75 Å². The minimum Gasteiger partial charge on any atom is -0.433 e. The summed E-state index contributed by atoms with van der Waals surface area (Å²) in [6.07, 6.45) is 0. The third-order valence-electron chi connectivity index (χ3n) is 4.90. The molecule has 0 aromatic heterocycles. The van der Waals surface area contributed by atoms with Gasteiger partial charge in [-0.1, -0.05) is 27.7 Å². The van der Waals surface area contributed by atoms with Crippen LogP contribution in [0, 0.1) is 11.8 Å². The molecule has 2 rings (SSSR count). The Balaban J connectivity index is 2.27. The van der Waals surface area contributed by atoms with Crippen molar-refractivity contribution in [1.29, 1.82) is 0 Å². The van der Waals surface area contributed by atoms with Crippen LogP contribution < -0.4 is 20.7 Å². The lowest BCUT2D eigenvalue weighted by Crippen LogP contribution is -2.51. The van der Waals surface area contributed by atoms with Gasteiger partial charge in [0.25, 0.3) is 5.91 Å². The van der Waals surface area contributed by atoms with Crippen molar-refractivity contribution in [3.05, 3.63) is 18.2 Å². The highest BCUT2D eigenvalue weighted by molar-refractivity contribution is 5.98. The summed E-state index contributed by atoms with van der Waals surface area (Å²) < 4.78 is 35.9. The number of ether oxygens (including phenoxy) is 2. The van der Waals surface area contributed by atoms with Crippen molar-refractivity contribution in [1.82, 2.24) is 4.90 Å². The van der Waals surface area contributed by atoms with Crippen LogP contribution in [0.3, 0.4) is 0 Å². The van der Waals surface area contributed by atoms with Crippen LogP contribution in [0.1, 0.15) is 27.7 Å². The number of morpholine rings is 1. The third-order valence-corrected chi connectivity index (χ3v) is 4.90. The first-order valence-electron chi connectivity index (χ1n) is 10.8. The SMILES string of the molecule is CC(C)CN(CC(C)C)[C@H](CN)C(=O)Nc1ccc(N2CCOCC2=O)cc1OC(F)F. The fourth-order valence-electron chi connectivity index (χ4n) is 3.67. The van der Waals surface area contributed by atoms with E-state index in [1.165, 1.54) is 17.0 Å². The number of alkyl halides is 2. The molecule has 0 spiro atoms. The molecular weight excluding hydrogens is 422 g/mol. The number of nitrogens with two attached hydrogens (primary N) is 1. The average molecular weight is 457 g/mol. The van der Waals surface area contributed by atoms with Crippen molar-refractivity contribution >= 4 is 23.2 Å². The summed E-state index contributed by atoms with van der Waals surface area (Å²) in [5, 5.41) is 2.69. The number of halogens is 2. The molecule has 1 aliphatic heterocycles. The number of nitrogens with zero attached hydrogens (tertiary/aromatic N) is 2. The summed E-state index contributed by atoms with van der Waals surface area (Å²) in [6.45, 7) is 7.11. The van der Waals surface area contributed by atoms with Crippen LogP contribution in [-0.2, 0) is 14.3 Å². The van der Waals surface area contributed by atoms with E-state index in [1.54, 1.807) is 6.07 Å². The lowest BCUT2D eigenvalue weighted by atomic mass is 10.1. The number of carbonyl (C=O) groups is 2. The smallest absolute Gasteiger partial charge is 0.387 e. The van der Waals surface area contributed by atoms with Crippen LogP contribution in [0.2, 0.25) is 0 Å². The molecule has 180 valence electrons. The predicted octanol–water partition coefficient (Wildman–Crippen LogP) is 2.53. The van der Waals surface area contributed by atoms with E-state index in [0.717, 1.165) is 0 Å². The van der Waals surface area contributed by atoms with Gasteiger partial charge in [-0.3, -0.25) is 14.5 Å². The molecule has 0 bridgehead atoms. The van der Waals surface area contributed by atoms with E-state index in [9.17, 15) is 18.4 Å². The third kappa shape index (κ3) is 7.39. The highest BCUT2D eigenvalue weighted by Crippen LogP contribution is 2.32. The number of anilines is 2. The second kappa shape index (κ2) is 12.1. The van der Waals surface area contributed by atoms with Crippen molar-refractivity contribution < 1.29 is 27.8 Å². The maximum Gasteiger partial charge on any atom is 0.387 e. The predicted molar refractivity (Wildman–Crippen MR) is 119 cm³/mol. The summed E-state index contributed by atoms with van der Waals surface area (Å²) in [4.78, 5) is 28.6. The zero-order valence-corrected chi connectivity index (χ0v) is 19.1. The number of nitrogens with one attached hydrogen (secondary N) is 1. The molecule has 1 heterocycles. The van der Waals surface area contributed by atoms with E-state index < -0.39 is 18.6 Å². The molecule has 10 heteroatoms. The Morgan fingerprint density at radius 3 is 2.44 bits per heavy atom. The van der Waals surface area contributed by atoms with Gasteiger partial charge in [-0.25, -0.2) is 0 Å². The fourth-order valence-corrected chi connectivity index (χ4v) is 3.67. The summed E-state index contributed by atoms with van der Waals surface area (Å²) in [5.41, 5.74) is 6.41. The largest absolute Gasteiger partial charge is 0.433 e. The standard InChI is InChI=1S/C22H34F2N4O4/c1-14(2)11-27(12-15(3)4)18(10-25)21(30)26-17-6-5-16(9-19(17)32-22(23)24)28-7-8-31-13-20(28)29/h5-6,9,14-15,18,22H,7-8,10-13,25H2,1-4H3,(H,26,30)/t18-/m1/s1. The molecule has 0 saturated carbocycles. The van der Waals surface area contributed by atoms with E-state index in [0.29, 0.717) is 43.8 Å². The first-order valence-corrected chi connectivity index (χ1v) is 10.8. The van der Waals surface area contributed by atoms with Gasteiger partial charge in [0.2, 0.25) is 5.91 Å². The van der Waals surface area contributed by atoms with Crippen LogP contribution in [0.5, 0.6) is 5.75 Å². The Morgan fingerprint density at radius 1 is 1.25 bits per heavy atom. The molecule has 1 aliphatic rings. The Labute approximate surface area is 188 Å². The van der Waals surface area contributed by atoms with E-state index >= 15 is 0 Å². The Kier molecular flexibility index (Phi) is 9.80. The van der Waals surface area contributed by atoms with Gasteiger partial charge in [-0.15, -0.1) is 0 Å². The number of hydrogen-bond donors (Lipinski definition) is 2. The fraction of sp³-hybridized carbons (Fsp3) is 0.636. The quantitative estimate of drug-likeness (QED) is 0.531. The normalized spacial score (nSPS) is 15.7. The Hall–Kier alpha value is -2.30. The van der Waals surface area contributed by atoms with Gasteiger partial charge in [0.15, 0.2) is 5.75 Å². The van der Waals surface area contributed by atoms with E-state index in [2.05, 4.69) is 37.7 Å². The molecule has 0 radical (unpaired) electrons. The second-order valence-electron chi connectivity index (χ2n) is 8.64. The zero-order chi connectivity index (χ0) is 23.8. The molecule has 1 aromatic carbocycles.